The minimum Gasteiger partial charge on any atom is -0.363 e. The Bertz CT molecular complexity index is 393. The molecule has 0 spiro atoms. The van der Waals surface area contributed by atoms with Crippen LogP contribution in [0.25, 0.3) is 0 Å². The van der Waals surface area contributed by atoms with Gasteiger partial charge >= 0.3 is 6.18 Å². The zero-order chi connectivity index (χ0) is 13.8. The maximum absolute atomic E-state index is 12.5. The Labute approximate surface area is 110 Å². The number of alkyl halides is 3. The van der Waals surface area contributed by atoms with Gasteiger partial charge in [0.1, 0.15) is 6.54 Å². The van der Waals surface area contributed by atoms with Gasteiger partial charge in [0.05, 0.1) is 0 Å². The molecule has 2 N–H and O–H groups in total. The van der Waals surface area contributed by atoms with Crippen molar-refractivity contribution in [1.82, 2.24) is 0 Å². The van der Waals surface area contributed by atoms with E-state index in [0.717, 1.165) is 5.56 Å². The van der Waals surface area contributed by atoms with Gasteiger partial charge in [-0.3, -0.25) is 0 Å². The highest BCUT2D eigenvalue weighted by molar-refractivity contribution is 6.30. The molecule has 0 amide bonds. The van der Waals surface area contributed by atoms with Crippen LogP contribution in [0.3, 0.4) is 0 Å². The topological polar surface area (TPSA) is 29.3 Å². The van der Waals surface area contributed by atoms with Crippen molar-refractivity contribution < 1.29 is 13.2 Å². The second-order valence-corrected chi connectivity index (χ2v) is 4.38. The molecule has 1 aromatic rings. The molecule has 0 aliphatic rings. The summed E-state index contributed by atoms with van der Waals surface area (Å²) in [6, 6.07) is 4.88. The Morgan fingerprint density at radius 3 is 2.50 bits per heavy atom. The molecule has 0 aliphatic heterocycles. The van der Waals surface area contributed by atoms with Gasteiger partial charge in [0.25, 0.3) is 0 Å². The summed E-state index contributed by atoms with van der Waals surface area (Å²) in [6.45, 7) is 1.37. The number of halogens is 4. The van der Waals surface area contributed by atoms with Crippen LogP contribution in [0.5, 0.6) is 0 Å². The molecule has 0 saturated heterocycles. The average Bonchev–Trinajstić information content (AvgIpc) is 2.26. The zero-order valence-corrected chi connectivity index (χ0v) is 10.9. The molecule has 0 aliphatic carbocycles. The van der Waals surface area contributed by atoms with E-state index in [-0.39, 0.29) is 6.54 Å². The highest BCUT2D eigenvalue weighted by atomic mass is 35.5. The molecule has 18 heavy (non-hydrogen) atoms. The summed E-state index contributed by atoms with van der Waals surface area (Å²) < 4.78 is 37.4. The maximum atomic E-state index is 12.5. The Hall–Kier alpha value is -0.940. The Morgan fingerprint density at radius 2 is 2.00 bits per heavy atom. The third-order valence-corrected chi connectivity index (χ3v) is 2.78. The van der Waals surface area contributed by atoms with E-state index in [2.05, 4.69) is 0 Å². The quantitative estimate of drug-likeness (QED) is 0.897. The maximum Gasteiger partial charge on any atom is 0.405 e. The molecule has 0 fully saturated rings. The summed E-state index contributed by atoms with van der Waals surface area (Å²) in [7, 11) is 0. The van der Waals surface area contributed by atoms with Crippen molar-refractivity contribution in [1.29, 1.82) is 0 Å². The van der Waals surface area contributed by atoms with Gasteiger partial charge in [-0.2, -0.15) is 13.2 Å². The van der Waals surface area contributed by atoms with E-state index in [1.807, 2.05) is 0 Å². The molecule has 102 valence electrons. The Balaban J connectivity index is 3.04. The van der Waals surface area contributed by atoms with Crippen LogP contribution in [0, 0.1) is 0 Å². The number of hydrogen-bond donors (Lipinski definition) is 1. The van der Waals surface area contributed by atoms with Crippen LogP contribution in [0.15, 0.2) is 18.2 Å². The smallest absolute Gasteiger partial charge is 0.363 e. The van der Waals surface area contributed by atoms with E-state index in [4.69, 9.17) is 17.3 Å². The second-order valence-electron chi connectivity index (χ2n) is 3.94. The lowest BCUT2D eigenvalue weighted by molar-refractivity contribution is -0.119. The van der Waals surface area contributed by atoms with Gasteiger partial charge in [-0.15, -0.1) is 0 Å². The monoisotopic (exact) mass is 280 g/mol. The van der Waals surface area contributed by atoms with Gasteiger partial charge in [0.15, 0.2) is 0 Å². The number of nitrogens with two attached hydrogens (primary N) is 1. The van der Waals surface area contributed by atoms with Crippen LogP contribution in [0.4, 0.5) is 18.9 Å². The first kappa shape index (κ1) is 15.1. The summed E-state index contributed by atoms with van der Waals surface area (Å²) in [5, 5.41) is 0.505. The van der Waals surface area contributed by atoms with Crippen molar-refractivity contribution in [3.05, 3.63) is 28.8 Å². The first-order chi connectivity index (χ1) is 8.37. The van der Waals surface area contributed by atoms with Gasteiger partial charge in [-0.1, -0.05) is 11.6 Å². The van der Waals surface area contributed by atoms with E-state index in [9.17, 15) is 13.2 Å². The van der Waals surface area contributed by atoms with Crippen molar-refractivity contribution >= 4 is 17.3 Å². The number of hydrogen-bond acceptors (Lipinski definition) is 2. The lowest BCUT2D eigenvalue weighted by Crippen LogP contribution is -2.34. The number of nitrogens with zero attached hydrogens (tertiary/aromatic N) is 1. The Morgan fingerprint density at radius 1 is 1.33 bits per heavy atom. The molecule has 0 radical (unpaired) electrons. The van der Waals surface area contributed by atoms with Crippen LogP contribution in [0.2, 0.25) is 5.02 Å². The van der Waals surface area contributed by atoms with E-state index in [1.54, 1.807) is 25.1 Å². The van der Waals surface area contributed by atoms with Crippen LogP contribution >= 0.6 is 11.6 Å². The predicted molar refractivity (Wildman–Crippen MR) is 68.2 cm³/mol. The SMILES string of the molecule is CCN(CC(F)(F)F)c1ccc(Cl)cc1CCN. The predicted octanol–water partition coefficient (Wildman–Crippen LogP) is 3.23. The largest absolute Gasteiger partial charge is 0.405 e. The van der Waals surface area contributed by atoms with E-state index in [1.165, 1.54) is 4.90 Å². The van der Waals surface area contributed by atoms with E-state index >= 15 is 0 Å². The normalized spacial score (nSPS) is 11.7. The zero-order valence-electron chi connectivity index (χ0n) is 10.1. The summed E-state index contributed by atoms with van der Waals surface area (Å²) in [5.74, 6) is 0. The number of benzene rings is 1. The highest BCUT2D eigenvalue weighted by Crippen LogP contribution is 2.27. The second kappa shape index (κ2) is 6.29. The summed E-state index contributed by atoms with van der Waals surface area (Å²) >= 11 is 5.85. The van der Waals surface area contributed by atoms with Crippen LogP contribution in [-0.2, 0) is 6.42 Å². The molecule has 0 aromatic heterocycles. The third-order valence-electron chi connectivity index (χ3n) is 2.55. The molecular formula is C12H16ClF3N2. The van der Waals surface area contributed by atoms with Crippen LogP contribution < -0.4 is 10.6 Å². The van der Waals surface area contributed by atoms with Gasteiger partial charge in [0.2, 0.25) is 0 Å². The molecule has 0 bridgehead atoms. The highest BCUT2D eigenvalue weighted by Gasteiger charge is 2.30. The fourth-order valence-corrected chi connectivity index (χ4v) is 2.00. The molecular weight excluding hydrogens is 265 g/mol. The standard InChI is InChI=1S/C12H16ClF3N2/c1-2-18(8-12(14,15)16)11-4-3-10(13)7-9(11)5-6-17/h3-4,7H,2,5-6,8,17H2,1H3. The first-order valence-corrected chi connectivity index (χ1v) is 6.05. The minimum absolute atomic E-state index is 0.277. The molecule has 6 heteroatoms. The van der Waals surface area contributed by atoms with Crippen molar-refractivity contribution in [3.8, 4) is 0 Å². The van der Waals surface area contributed by atoms with Gasteiger partial charge in [-0.25, -0.2) is 0 Å². The average molecular weight is 281 g/mol. The van der Waals surface area contributed by atoms with Crippen molar-refractivity contribution in [2.75, 3.05) is 24.5 Å². The molecule has 1 rings (SSSR count). The Kier molecular flexibility index (Phi) is 5.28. The lowest BCUT2D eigenvalue weighted by atomic mass is 10.1. The molecule has 0 saturated carbocycles. The van der Waals surface area contributed by atoms with E-state index in [0.29, 0.717) is 23.7 Å². The number of rotatable bonds is 5. The first-order valence-electron chi connectivity index (χ1n) is 5.67. The fourth-order valence-electron chi connectivity index (χ4n) is 1.80. The number of anilines is 1. The van der Waals surface area contributed by atoms with E-state index < -0.39 is 12.7 Å². The summed E-state index contributed by atoms with van der Waals surface area (Å²) in [6.07, 6.45) is -3.72. The van der Waals surface area contributed by atoms with Gasteiger partial charge in [0, 0.05) is 17.3 Å². The van der Waals surface area contributed by atoms with Crippen molar-refractivity contribution in [2.24, 2.45) is 5.73 Å². The van der Waals surface area contributed by atoms with Crippen molar-refractivity contribution in [2.45, 2.75) is 19.5 Å². The molecule has 2 nitrogen and oxygen atoms in total. The lowest BCUT2D eigenvalue weighted by Gasteiger charge is -2.26. The van der Waals surface area contributed by atoms with Crippen molar-refractivity contribution in [3.63, 3.8) is 0 Å². The van der Waals surface area contributed by atoms with Crippen LogP contribution in [0.1, 0.15) is 12.5 Å². The molecule has 0 heterocycles. The third kappa shape index (κ3) is 4.38. The fraction of sp³-hybridized carbons (Fsp3) is 0.500. The van der Waals surface area contributed by atoms with Gasteiger partial charge in [-0.05, 0) is 43.7 Å². The van der Waals surface area contributed by atoms with Crippen LogP contribution in [-0.4, -0.2) is 25.8 Å². The summed E-state index contributed by atoms with van der Waals surface area (Å²) in [5.41, 5.74) is 6.76. The molecule has 0 unspecified atom stereocenters. The minimum atomic E-state index is -4.23. The molecule has 1 aromatic carbocycles. The molecule has 0 atom stereocenters. The van der Waals surface area contributed by atoms with Gasteiger partial charge < -0.3 is 10.6 Å². The summed E-state index contributed by atoms with van der Waals surface area (Å²) in [4.78, 5) is 1.28.